The first-order valence-electron chi connectivity index (χ1n) is 17.3. The van der Waals surface area contributed by atoms with Crippen LogP contribution in [0.5, 0.6) is 5.88 Å². The van der Waals surface area contributed by atoms with Gasteiger partial charge in [0.2, 0.25) is 5.88 Å². The van der Waals surface area contributed by atoms with Crippen LogP contribution in [-0.2, 0) is 20.4 Å². The molecule has 258 valence electrons. The van der Waals surface area contributed by atoms with Crippen LogP contribution in [0.4, 0.5) is 10.5 Å². The van der Waals surface area contributed by atoms with Gasteiger partial charge in [0.25, 0.3) is 15.9 Å². The Balaban J connectivity index is 1.46. The summed E-state index contributed by atoms with van der Waals surface area (Å²) in [7, 11) is -4.46. The van der Waals surface area contributed by atoms with Gasteiger partial charge in [0, 0.05) is 31.4 Å². The number of rotatable bonds is 9. The van der Waals surface area contributed by atoms with E-state index in [0.29, 0.717) is 24.9 Å². The number of amides is 3. The van der Waals surface area contributed by atoms with E-state index >= 15 is 4.79 Å². The Kier molecular flexibility index (Phi) is 9.95. The van der Waals surface area contributed by atoms with Crippen LogP contribution in [0.15, 0.2) is 71.8 Å². The highest BCUT2D eigenvalue weighted by molar-refractivity contribution is 7.93. The van der Waals surface area contributed by atoms with Gasteiger partial charge in [-0.3, -0.25) is 4.79 Å². The van der Waals surface area contributed by atoms with E-state index in [1.165, 1.54) is 41.4 Å². The van der Waals surface area contributed by atoms with Gasteiger partial charge in [-0.2, -0.15) is 9.57 Å². The number of sulfonamides is 1. The molecule has 2 fully saturated rings. The fourth-order valence-corrected chi connectivity index (χ4v) is 9.43. The molecule has 3 aromatic rings. The van der Waals surface area contributed by atoms with Crippen molar-refractivity contribution in [1.29, 1.82) is 5.26 Å². The van der Waals surface area contributed by atoms with Crippen LogP contribution < -0.4 is 9.04 Å². The predicted octanol–water partition coefficient (Wildman–Crippen LogP) is 5.22. The number of hydrogen-bond acceptors (Lipinski definition) is 8. The third kappa shape index (κ3) is 5.93. The summed E-state index contributed by atoms with van der Waals surface area (Å²) in [5, 5.41) is 9.99. The topological polar surface area (TPSA) is 127 Å². The molecule has 6 rings (SSSR count). The van der Waals surface area contributed by atoms with E-state index in [1.54, 1.807) is 49.1 Å². The number of ether oxygens (including phenoxy) is 1. The number of nitrogens with zero attached hydrogens (tertiary/aromatic N) is 6. The number of carbonyl (C=O) groups is 2. The molecular weight excluding hydrogens is 641 g/mol. The Hall–Kier alpha value is -4.47. The zero-order chi connectivity index (χ0) is 34.8. The highest BCUT2D eigenvalue weighted by atomic mass is 32.2. The third-order valence-corrected chi connectivity index (χ3v) is 12.2. The number of fused-ring (bicyclic) bond motifs is 1. The number of aromatic nitrogens is 1. The SMILES string of the molecule is CCOc1ncccc1C1(N(CC)C(=O)N2CCC(C3CCN(CC)CC3)CC2)C(=O)N(S(=O)(=O)c2ccccc2)c2ccc(C#N)cc21. The second-order valence-electron chi connectivity index (χ2n) is 12.9. The summed E-state index contributed by atoms with van der Waals surface area (Å²) in [6, 6.07) is 17.3. The average Bonchev–Trinajstić information content (AvgIpc) is 3.40. The van der Waals surface area contributed by atoms with Gasteiger partial charge in [-0.25, -0.2) is 18.2 Å². The molecule has 0 N–H and O–H groups in total. The minimum Gasteiger partial charge on any atom is -0.478 e. The minimum atomic E-state index is -4.46. The largest absolute Gasteiger partial charge is 0.478 e. The Labute approximate surface area is 289 Å². The van der Waals surface area contributed by atoms with E-state index in [-0.39, 0.29) is 52.3 Å². The molecule has 11 nitrogen and oxygen atoms in total. The van der Waals surface area contributed by atoms with Gasteiger partial charge in [0.05, 0.1) is 34.4 Å². The number of likely N-dealkylation sites (tertiary alicyclic amines) is 2. The van der Waals surface area contributed by atoms with Crippen molar-refractivity contribution >= 4 is 27.6 Å². The van der Waals surface area contributed by atoms with Crippen molar-refractivity contribution in [2.24, 2.45) is 11.8 Å². The number of likely N-dealkylation sites (N-methyl/N-ethyl adjacent to an activating group) is 1. The van der Waals surface area contributed by atoms with Gasteiger partial charge in [-0.05, 0) is 113 Å². The highest BCUT2D eigenvalue weighted by Crippen LogP contribution is 2.53. The second kappa shape index (κ2) is 14.2. The summed E-state index contributed by atoms with van der Waals surface area (Å²) in [6.45, 7) is 10.4. The molecular formula is C37H44N6O5S. The van der Waals surface area contributed by atoms with Crippen LogP contribution in [0.25, 0.3) is 0 Å². The molecule has 2 saturated heterocycles. The number of pyridine rings is 1. The number of anilines is 1. The van der Waals surface area contributed by atoms with E-state index in [9.17, 15) is 18.5 Å². The summed E-state index contributed by atoms with van der Waals surface area (Å²) < 4.78 is 35.5. The summed E-state index contributed by atoms with van der Waals surface area (Å²) in [6.07, 6.45) is 5.58. The fourth-order valence-electron chi connectivity index (χ4n) is 7.95. The van der Waals surface area contributed by atoms with Crippen molar-refractivity contribution in [3.05, 3.63) is 83.6 Å². The summed E-state index contributed by atoms with van der Waals surface area (Å²) >= 11 is 0. The van der Waals surface area contributed by atoms with Crippen molar-refractivity contribution in [1.82, 2.24) is 19.7 Å². The number of nitriles is 1. The maximum Gasteiger partial charge on any atom is 0.321 e. The van der Waals surface area contributed by atoms with Crippen LogP contribution in [0.3, 0.4) is 0 Å². The quantitative estimate of drug-likeness (QED) is 0.301. The van der Waals surface area contributed by atoms with Gasteiger partial charge in [0.15, 0.2) is 5.54 Å². The number of benzene rings is 2. The lowest BCUT2D eigenvalue weighted by Gasteiger charge is -2.45. The highest BCUT2D eigenvalue weighted by Gasteiger charge is 2.62. The number of carbonyl (C=O) groups excluding carboxylic acids is 2. The maximum absolute atomic E-state index is 15.3. The molecule has 3 aliphatic rings. The Morgan fingerprint density at radius 3 is 2.24 bits per heavy atom. The van der Waals surface area contributed by atoms with Gasteiger partial charge in [0.1, 0.15) is 0 Å². The zero-order valence-corrected chi connectivity index (χ0v) is 29.2. The molecule has 0 aliphatic carbocycles. The van der Waals surface area contributed by atoms with Crippen LogP contribution >= 0.6 is 0 Å². The molecule has 1 aromatic heterocycles. The zero-order valence-electron chi connectivity index (χ0n) is 28.4. The second-order valence-corrected chi connectivity index (χ2v) is 14.6. The molecule has 49 heavy (non-hydrogen) atoms. The van der Waals surface area contributed by atoms with Crippen molar-refractivity contribution in [2.45, 2.75) is 56.9 Å². The fraction of sp³-hybridized carbons (Fsp3) is 0.459. The lowest BCUT2D eigenvalue weighted by Crippen LogP contribution is -2.60. The molecule has 1 atom stereocenters. The summed E-state index contributed by atoms with van der Waals surface area (Å²) in [5.74, 6) is 0.396. The number of urea groups is 1. The lowest BCUT2D eigenvalue weighted by atomic mass is 9.78. The van der Waals surface area contributed by atoms with Crippen molar-refractivity contribution in [3.63, 3.8) is 0 Å². The monoisotopic (exact) mass is 684 g/mol. The van der Waals surface area contributed by atoms with E-state index in [1.807, 2.05) is 0 Å². The standard InChI is InChI=1S/C37H44N6O5S/c1-4-40-21-16-28(17-22-40)29-18-23-41(24-19-29)36(45)42(5-2)37(31-13-10-20-39-34(31)48-6-3)32-25-27(26-38)14-15-33(32)43(35(37)44)49(46,47)30-11-8-7-9-12-30/h7-15,20,25,28-29H,4-6,16-19,21-24H2,1-3H3. The van der Waals surface area contributed by atoms with Gasteiger partial charge in [-0.1, -0.05) is 25.1 Å². The molecule has 2 aromatic carbocycles. The maximum atomic E-state index is 15.3. The van der Waals surface area contributed by atoms with Crippen molar-refractivity contribution in [2.75, 3.05) is 50.2 Å². The van der Waals surface area contributed by atoms with E-state index in [4.69, 9.17) is 4.74 Å². The Morgan fingerprint density at radius 1 is 0.959 bits per heavy atom. The minimum absolute atomic E-state index is 0.0654. The van der Waals surface area contributed by atoms with Crippen LogP contribution in [0.2, 0.25) is 0 Å². The first kappa shape index (κ1) is 34.4. The Bertz CT molecular complexity index is 1830. The van der Waals surface area contributed by atoms with Crippen LogP contribution in [0.1, 0.15) is 63.1 Å². The number of piperidine rings is 2. The lowest BCUT2D eigenvalue weighted by molar-refractivity contribution is -0.125. The van der Waals surface area contributed by atoms with Gasteiger partial charge < -0.3 is 19.4 Å². The molecule has 3 amide bonds. The summed E-state index contributed by atoms with van der Waals surface area (Å²) in [5.41, 5.74) is -1.27. The van der Waals surface area contributed by atoms with E-state index in [2.05, 4.69) is 22.9 Å². The van der Waals surface area contributed by atoms with Gasteiger partial charge >= 0.3 is 6.03 Å². The molecule has 12 heteroatoms. The van der Waals surface area contributed by atoms with Gasteiger partial charge in [-0.15, -0.1) is 0 Å². The first-order chi connectivity index (χ1) is 23.7. The van der Waals surface area contributed by atoms with Crippen LogP contribution in [-0.4, -0.2) is 85.9 Å². The predicted molar refractivity (Wildman–Crippen MR) is 185 cm³/mol. The molecule has 3 aliphatic heterocycles. The van der Waals surface area contributed by atoms with Crippen LogP contribution in [0, 0.1) is 23.2 Å². The normalized spacial score (nSPS) is 20.6. The van der Waals surface area contributed by atoms with Crippen molar-refractivity contribution in [3.8, 4) is 11.9 Å². The molecule has 0 spiro atoms. The smallest absolute Gasteiger partial charge is 0.321 e. The third-order valence-electron chi connectivity index (χ3n) is 10.5. The molecule has 0 radical (unpaired) electrons. The molecule has 0 bridgehead atoms. The average molecular weight is 685 g/mol. The number of hydrogen-bond donors (Lipinski definition) is 0. The van der Waals surface area contributed by atoms with E-state index < -0.39 is 21.5 Å². The molecule has 4 heterocycles. The first-order valence-corrected chi connectivity index (χ1v) is 18.7. The van der Waals surface area contributed by atoms with E-state index in [0.717, 1.165) is 49.6 Å². The molecule has 0 saturated carbocycles. The molecule has 1 unspecified atom stereocenters. The summed E-state index contributed by atoms with van der Waals surface area (Å²) in [4.78, 5) is 40.3. The van der Waals surface area contributed by atoms with Crippen molar-refractivity contribution < 1.29 is 22.7 Å². The Morgan fingerprint density at radius 2 is 1.63 bits per heavy atom.